The number of unbranched alkanes of at least 4 members (excludes halogenated alkanes) is 16. The van der Waals surface area contributed by atoms with Gasteiger partial charge in [0.25, 0.3) is 8.32 Å². The Hall–Kier alpha value is -1.27. The number of hydrogen-bond acceptors (Lipinski definition) is 3. The molecule has 0 amide bonds. The summed E-state index contributed by atoms with van der Waals surface area (Å²) < 4.78 is 18.1. The van der Waals surface area contributed by atoms with Crippen molar-refractivity contribution in [3.8, 4) is 24.2 Å². The fourth-order valence-corrected chi connectivity index (χ4v) is 11.7. The number of halogens is 1. The van der Waals surface area contributed by atoms with E-state index in [4.69, 9.17) is 20.3 Å². The Morgan fingerprint density at radius 2 is 1.15 bits per heavy atom. The fourth-order valence-electron chi connectivity index (χ4n) is 6.73. The molecule has 59 heavy (non-hydrogen) atoms. The summed E-state index contributed by atoms with van der Waals surface area (Å²) in [5.41, 5.74) is 0. The number of alkyl halides is 1. The first-order valence-corrected chi connectivity index (χ1v) is 26.5. The van der Waals surface area contributed by atoms with Gasteiger partial charge in [-0.25, -0.2) is 0 Å². The first-order chi connectivity index (χ1) is 28.3. The quantitative estimate of drug-likeness (QED) is 0.0327. The van der Waals surface area contributed by atoms with Crippen LogP contribution < -0.4 is 29.2 Å². The standard InChI is InChI=1S/C22H28OSi.C19H34O2.C8H17Br.C4H9.Li/c1-5-6-7-14-19-23-24(22(2,3)4,20-15-10-8-11-16-20)21-17-12-9-13-18-21;1-2-3-4-5-6-7-8-9-10-11-12-14-17-20-19-16-13-15-18-21-19;1-2-3-4-5-6-7-8-9;1-3-4-2;/h1,8-13,15-18H,6-7,14,19H2,2-4H3;19H,2-5,8-18H2,1H3;2-8H2,1H3;1,3-4H2,2H3;/q;;;-1;+1. The van der Waals surface area contributed by atoms with Gasteiger partial charge in [-0.1, -0.05) is 189 Å². The Labute approximate surface area is 388 Å². The molecule has 0 saturated carbocycles. The summed E-state index contributed by atoms with van der Waals surface area (Å²) in [5.74, 6) is 9.30. The SMILES string of the molecule is C#CCCCCO[Si](c1ccccc1)(c1ccccc1)C(C)(C)C.CCCCCC#CCCCCCCCOC1CCCCO1.CCCCCCCCBr.[CH2-]CCC.[Li+]. The molecule has 330 valence electrons. The smallest absolute Gasteiger partial charge is 0.407 e. The van der Waals surface area contributed by atoms with Crippen molar-refractivity contribution in [1.82, 2.24) is 0 Å². The van der Waals surface area contributed by atoms with Gasteiger partial charge in [-0.2, -0.15) is 6.42 Å². The van der Waals surface area contributed by atoms with Gasteiger partial charge in [-0.15, -0.1) is 24.2 Å². The molecule has 0 N–H and O–H groups in total. The van der Waals surface area contributed by atoms with E-state index in [9.17, 15) is 0 Å². The first kappa shape index (κ1) is 59.8. The first-order valence-electron chi connectivity index (χ1n) is 23.5. The van der Waals surface area contributed by atoms with Crippen LogP contribution in [0.1, 0.15) is 196 Å². The molecular formula is C53H88BrLiO3Si. The zero-order valence-corrected chi connectivity index (χ0v) is 42.1. The van der Waals surface area contributed by atoms with Crippen LogP contribution in [0.4, 0.5) is 0 Å². The number of terminal acetylenes is 1. The number of hydrogen-bond donors (Lipinski definition) is 0. The average Bonchev–Trinajstić information content (AvgIpc) is 3.25. The molecule has 1 fully saturated rings. The van der Waals surface area contributed by atoms with Gasteiger partial charge in [0.2, 0.25) is 0 Å². The largest absolute Gasteiger partial charge is 1.00 e. The number of ether oxygens (including phenoxy) is 2. The number of rotatable bonds is 25. The summed E-state index contributed by atoms with van der Waals surface area (Å²) in [7, 11) is -2.36. The predicted molar refractivity (Wildman–Crippen MR) is 263 cm³/mol. The Kier molecular flexibility index (Phi) is 44.0. The molecule has 3 rings (SSSR count). The summed E-state index contributed by atoms with van der Waals surface area (Å²) in [5, 5.41) is 3.89. The van der Waals surface area contributed by atoms with E-state index >= 15 is 0 Å². The van der Waals surface area contributed by atoms with Crippen molar-refractivity contribution in [1.29, 1.82) is 0 Å². The second-order valence-electron chi connectivity index (χ2n) is 16.5. The Morgan fingerprint density at radius 3 is 1.64 bits per heavy atom. The molecule has 1 heterocycles. The molecule has 1 saturated heterocycles. The van der Waals surface area contributed by atoms with E-state index in [1.807, 2.05) is 0 Å². The van der Waals surface area contributed by atoms with Gasteiger partial charge in [0.1, 0.15) is 0 Å². The third-order valence-electron chi connectivity index (χ3n) is 10.2. The monoisotopic (exact) mass is 887 g/mol. The summed E-state index contributed by atoms with van der Waals surface area (Å²) >= 11 is 3.42. The van der Waals surface area contributed by atoms with Crippen LogP contribution in [-0.2, 0) is 13.9 Å². The van der Waals surface area contributed by atoms with Crippen molar-refractivity contribution >= 4 is 34.6 Å². The van der Waals surface area contributed by atoms with E-state index < -0.39 is 8.32 Å². The van der Waals surface area contributed by atoms with Gasteiger partial charge >= 0.3 is 18.9 Å². The summed E-state index contributed by atoms with van der Waals surface area (Å²) in [6.07, 6.45) is 34.9. The fraction of sp³-hybridized carbons (Fsp3) is 0.679. The second-order valence-corrected chi connectivity index (χ2v) is 21.6. The van der Waals surface area contributed by atoms with Crippen molar-refractivity contribution in [2.24, 2.45) is 0 Å². The molecule has 2 aromatic carbocycles. The average molecular weight is 888 g/mol. The molecule has 0 aromatic heterocycles. The minimum Gasteiger partial charge on any atom is -0.407 e. The van der Waals surface area contributed by atoms with Crippen molar-refractivity contribution in [2.45, 2.75) is 207 Å². The topological polar surface area (TPSA) is 27.7 Å². The van der Waals surface area contributed by atoms with Crippen LogP contribution in [0.5, 0.6) is 0 Å². The third kappa shape index (κ3) is 31.3. The Morgan fingerprint density at radius 1 is 0.678 bits per heavy atom. The van der Waals surface area contributed by atoms with E-state index in [0.717, 1.165) is 64.8 Å². The van der Waals surface area contributed by atoms with E-state index in [0.29, 0.717) is 0 Å². The minimum absolute atomic E-state index is 0. The van der Waals surface area contributed by atoms with E-state index in [1.54, 1.807) is 0 Å². The molecule has 1 aliphatic rings. The normalized spacial score (nSPS) is 13.4. The maximum Gasteiger partial charge on any atom is 1.00 e. The molecule has 0 bridgehead atoms. The van der Waals surface area contributed by atoms with Crippen molar-refractivity contribution in [3.63, 3.8) is 0 Å². The maximum atomic E-state index is 6.78. The van der Waals surface area contributed by atoms with Crippen LogP contribution in [-0.4, -0.2) is 39.8 Å². The molecule has 0 aliphatic carbocycles. The molecule has 2 aromatic rings. The van der Waals surface area contributed by atoms with Crippen LogP contribution in [0.25, 0.3) is 0 Å². The van der Waals surface area contributed by atoms with Gasteiger partial charge in [0.15, 0.2) is 6.29 Å². The number of benzene rings is 2. The van der Waals surface area contributed by atoms with Crippen LogP contribution in [0.15, 0.2) is 60.7 Å². The Balaban J connectivity index is 0. The zero-order chi connectivity index (χ0) is 42.8. The van der Waals surface area contributed by atoms with Crippen LogP contribution in [0.3, 0.4) is 0 Å². The summed E-state index contributed by atoms with van der Waals surface area (Å²) in [4.78, 5) is 0. The van der Waals surface area contributed by atoms with Crippen LogP contribution in [0.2, 0.25) is 5.04 Å². The van der Waals surface area contributed by atoms with Gasteiger partial charge in [0.05, 0.1) is 0 Å². The van der Waals surface area contributed by atoms with Crippen molar-refractivity contribution < 1.29 is 32.8 Å². The second kappa shape index (κ2) is 43.4. The van der Waals surface area contributed by atoms with Gasteiger partial charge < -0.3 is 20.8 Å². The van der Waals surface area contributed by atoms with E-state index in [-0.39, 0.29) is 30.2 Å². The Bertz CT molecular complexity index is 1200. The van der Waals surface area contributed by atoms with Crippen molar-refractivity contribution in [2.75, 3.05) is 25.2 Å². The molecule has 3 nitrogen and oxygen atoms in total. The molecule has 1 atom stereocenters. The van der Waals surface area contributed by atoms with E-state index in [2.05, 4.69) is 143 Å². The summed E-state index contributed by atoms with van der Waals surface area (Å²) in [6.45, 7) is 19.6. The molecule has 0 spiro atoms. The molecule has 6 heteroatoms. The maximum absolute atomic E-state index is 6.78. The van der Waals surface area contributed by atoms with Crippen molar-refractivity contribution in [3.05, 3.63) is 67.6 Å². The van der Waals surface area contributed by atoms with E-state index in [1.165, 1.54) is 125 Å². The van der Waals surface area contributed by atoms with Crippen LogP contribution in [0, 0.1) is 31.1 Å². The van der Waals surface area contributed by atoms with Crippen LogP contribution >= 0.6 is 15.9 Å². The van der Waals surface area contributed by atoms with Gasteiger partial charge in [-0.3, -0.25) is 0 Å². The molecule has 1 aliphatic heterocycles. The van der Waals surface area contributed by atoms with Gasteiger partial charge in [0, 0.05) is 44.4 Å². The van der Waals surface area contributed by atoms with Gasteiger partial charge in [-0.05, 0) is 73.2 Å². The predicted octanol–water partition coefficient (Wildman–Crippen LogP) is 12.2. The third-order valence-corrected chi connectivity index (χ3v) is 15.8. The minimum atomic E-state index is -2.36. The zero-order valence-electron chi connectivity index (χ0n) is 39.5. The molecule has 0 radical (unpaired) electrons. The molecular weight excluding hydrogens is 800 g/mol. The summed E-state index contributed by atoms with van der Waals surface area (Å²) in [6, 6.07) is 21.5. The molecule has 1 unspecified atom stereocenters.